The summed E-state index contributed by atoms with van der Waals surface area (Å²) < 4.78 is 45.3. The third kappa shape index (κ3) is 2.31. The Bertz CT molecular complexity index is 796. The molecule has 0 fully saturated rings. The second-order valence-corrected chi connectivity index (χ2v) is 4.35. The molecule has 0 saturated carbocycles. The van der Waals surface area contributed by atoms with Crippen molar-refractivity contribution in [3.05, 3.63) is 48.3 Å². The van der Waals surface area contributed by atoms with Crippen molar-refractivity contribution >= 4 is 5.65 Å². The van der Waals surface area contributed by atoms with E-state index in [1.54, 1.807) is 18.2 Å². The van der Waals surface area contributed by atoms with E-state index >= 15 is 0 Å². The molecule has 108 valence electrons. The van der Waals surface area contributed by atoms with Crippen LogP contribution in [0.15, 0.2) is 42.7 Å². The summed E-state index contributed by atoms with van der Waals surface area (Å²) in [7, 11) is 1.41. The minimum atomic E-state index is -4.42. The van der Waals surface area contributed by atoms with E-state index in [9.17, 15) is 13.2 Å². The molecule has 0 spiro atoms. The van der Waals surface area contributed by atoms with Crippen LogP contribution in [0.4, 0.5) is 13.2 Å². The summed E-state index contributed by atoms with van der Waals surface area (Å²) >= 11 is 0. The van der Waals surface area contributed by atoms with Gasteiger partial charge in [0.2, 0.25) is 0 Å². The van der Waals surface area contributed by atoms with Gasteiger partial charge in [-0.1, -0.05) is 6.07 Å². The van der Waals surface area contributed by atoms with Gasteiger partial charge in [-0.05, 0) is 30.3 Å². The van der Waals surface area contributed by atoms with Crippen molar-refractivity contribution in [3.63, 3.8) is 0 Å². The van der Waals surface area contributed by atoms with Crippen molar-refractivity contribution in [2.24, 2.45) is 0 Å². The van der Waals surface area contributed by atoms with Gasteiger partial charge in [-0.15, -0.1) is 0 Å². The first-order valence-corrected chi connectivity index (χ1v) is 6.05. The molecule has 1 aromatic carbocycles. The molecule has 0 unspecified atom stereocenters. The fourth-order valence-corrected chi connectivity index (χ4v) is 2.13. The smallest absolute Gasteiger partial charge is 0.416 e. The minimum Gasteiger partial charge on any atom is -0.496 e. The maximum Gasteiger partial charge on any atom is 0.416 e. The fourth-order valence-electron chi connectivity index (χ4n) is 2.13. The van der Waals surface area contributed by atoms with Crippen LogP contribution in [0.25, 0.3) is 16.9 Å². The van der Waals surface area contributed by atoms with E-state index in [1.165, 1.54) is 24.0 Å². The molecular formula is C14H10F3N3O. The molecule has 0 radical (unpaired) electrons. The summed E-state index contributed by atoms with van der Waals surface area (Å²) in [5.41, 5.74) is 0.596. The minimum absolute atomic E-state index is 0.309. The lowest BCUT2D eigenvalue weighted by Crippen LogP contribution is -2.06. The van der Waals surface area contributed by atoms with Crippen molar-refractivity contribution in [3.8, 4) is 17.0 Å². The van der Waals surface area contributed by atoms with E-state index in [0.29, 0.717) is 22.7 Å². The Morgan fingerprint density at radius 2 is 1.95 bits per heavy atom. The predicted octanol–water partition coefficient (Wildman–Crippen LogP) is 3.42. The monoisotopic (exact) mass is 293 g/mol. The molecule has 7 heteroatoms. The molecule has 0 bridgehead atoms. The number of nitrogens with zero attached hydrogens (tertiary/aromatic N) is 3. The molecule has 0 aliphatic heterocycles. The molecule has 0 N–H and O–H groups in total. The van der Waals surface area contributed by atoms with E-state index in [4.69, 9.17) is 4.74 Å². The molecule has 0 aliphatic rings. The molecular weight excluding hydrogens is 283 g/mol. The molecule has 21 heavy (non-hydrogen) atoms. The van der Waals surface area contributed by atoms with E-state index in [2.05, 4.69) is 10.1 Å². The number of ether oxygens (including phenoxy) is 1. The summed E-state index contributed by atoms with van der Waals surface area (Å²) in [6.07, 6.45) is -3.07. The highest BCUT2D eigenvalue weighted by atomic mass is 19.4. The first-order chi connectivity index (χ1) is 10.0. The highest BCUT2D eigenvalue weighted by molar-refractivity contribution is 5.70. The van der Waals surface area contributed by atoms with Crippen LogP contribution >= 0.6 is 0 Å². The second kappa shape index (κ2) is 4.76. The summed E-state index contributed by atoms with van der Waals surface area (Å²) in [6.45, 7) is 0. The van der Waals surface area contributed by atoms with Gasteiger partial charge in [0, 0.05) is 5.56 Å². The lowest BCUT2D eigenvalue weighted by molar-refractivity contribution is -0.137. The Labute approximate surface area is 117 Å². The number of rotatable bonds is 2. The molecule has 3 rings (SSSR count). The highest BCUT2D eigenvalue weighted by Gasteiger charge is 2.31. The van der Waals surface area contributed by atoms with Gasteiger partial charge < -0.3 is 4.74 Å². The number of benzene rings is 1. The van der Waals surface area contributed by atoms with Gasteiger partial charge in [-0.2, -0.15) is 18.3 Å². The third-order valence-corrected chi connectivity index (χ3v) is 3.10. The zero-order valence-corrected chi connectivity index (χ0v) is 10.9. The average Bonchev–Trinajstić information content (AvgIpc) is 2.94. The number of aromatic nitrogens is 3. The Kier molecular flexibility index (Phi) is 3.04. The van der Waals surface area contributed by atoms with E-state index in [0.717, 1.165) is 12.1 Å². The fraction of sp³-hybridized carbons (Fsp3) is 0.143. The van der Waals surface area contributed by atoms with Gasteiger partial charge in [0.05, 0.1) is 18.4 Å². The van der Waals surface area contributed by atoms with Crippen LogP contribution in [0.3, 0.4) is 0 Å². The van der Waals surface area contributed by atoms with Crippen LogP contribution in [0.1, 0.15) is 5.56 Å². The van der Waals surface area contributed by atoms with Gasteiger partial charge in [0.1, 0.15) is 12.1 Å². The molecule has 2 heterocycles. The Balaban J connectivity index is 2.27. The van der Waals surface area contributed by atoms with Crippen LogP contribution in [-0.4, -0.2) is 21.7 Å². The maximum absolute atomic E-state index is 12.9. The quantitative estimate of drug-likeness (QED) is 0.726. The Hall–Kier alpha value is -2.57. The van der Waals surface area contributed by atoms with Crippen molar-refractivity contribution < 1.29 is 17.9 Å². The van der Waals surface area contributed by atoms with Crippen molar-refractivity contribution in [1.29, 1.82) is 0 Å². The average molecular weight is 293 g/mol. The summed E-state index contributed by atoms with van der Waals surface area (Å²) in [5, 5.41) is 4.03. The van der Waals surface area contributed by atoms with Crippen LogP contribution in [0, 0.1) is 0 Å². The summed E-state index contributed by atoms with van der Waals surface area (Å²) in [6, 6.07) is 8.43. The van der Waals surface area contributed by atoms with Crippen LogP contribution in [0.5, 0.6) is 5.75 Å². The number of fused-ring (bicyclic) bond motifs is 1. The topological polar surface area (TPSA) is 39.4 Å². The molecule has 0 saturated heterocycles. The summed E-state index contributed by atoms with van der Waals surface area (Å²) in [5.74, 6) is 0.339. The maximum atomic E-state index is 12.9. The molecule has 3 aromatic rings. The van der Waals surface area contributed by atoms with Gasteiger partial charge in [-0.3, -0.25) is 0 Å². The molecule has 4 nitrogen and oxygen atoms in total. The molecule has 0 atom stereocenters. The van der Waals surface area contributed by atoms with Crippen molar-refractivity contribution in [2.45, 2.75) is 6.18 Å². The molecule has 0 amide bonds. The third-order valence-electron chi connectivity index (χ3n) is 3.10. The zero-order valence-electron chi connectivity index (χ0n) is 10.9. The number of alkyl halides is 3. The predicted molar refractivity (Wildman–Crippen MR) is 70.0 cm³/mol. The highest BCUT2D eigenvalue weighted by Crippen LogP contribution is 2.37. The van der Waals surface area contributed by atoms with Crippen molar-refractivity contribution in [2.75, 3.05) is 7.11 Å². The van der Waals surface area contributed by atoms with Crippen LogP contribution < -0.4 is 4.74 Å². The number of pyridine rings is 1. The van der Waals surface area contributed by atoms with E-state index in [1.807, 2.05) is 0 Å². The molecule has 0 aliphatic carbocycles. The van der Waals surface area contributed by atoms with Gasteiger partial charge in [0.25, 0.3) is 0 Å². The van der Waals surface area contributed by atoms with Gasteiger partial charge >= 0.3 is 6.18 Å². The van der Waals surface area contributed by atoms with Gasteiger partial charge in [0.15, 0.2) is 5.65 Å². The first kappa shape index (κ1) is 13.4. The van der Waals surface area contributed by atoms with Gasteiger partial charge in [-0.25, -0.2) is 9.50 Å². The number of halogens is 3. The summed E-state index contributed by atoms with van der Waals surface area (Å²) in [4.78, 5) is 4.02. The number of hydrogen-bond acceptors (Lipinski definition) is 3. The Morgan fingerprint density at radius 3 is 2.67 bits per heavy atom. The molecule has 2 aromatic heterocycles. The normalized spacial score (nSPS) is 11.8. The van der Waals surface area contributed by atoms with E-state index < -0.39 is 11.7 Å². The lowest BCUT2D eigenvalue weighted by atomic mass is 10.1. The standard InChI is InChI=1S/C14H10F3N3O/c1-21-12-6-5-9(14(15,16)17)7-10(12)11-3-2-4-13-18-8-19-20(11)13/h2-8H,1H3. The van der Waals surface area contributed by atoms with Crippen LogP contribution in [-0.2, 0) is 6.18 Å². The SMILES string of the molecule is COc1ccc(C(F)(F)F)cc1-c1cccc2ncnn12. The van der Waals surface area contributed by atoms with E-state index in [-0.39, 0.29) is 0 Å². The lowest BCUT2D eigenvalue weighted by Gasteiger charge is -2.13. The Morgan fingerprint density at radius 1 is 1.14 bits per heavy atom. The second-order valence-electron chi connectivity index (χ2n) is 4.35. The largest absolute Gasteiger partial charge is 0.496 e. The van der Waals surface area contributed by atoms with Crippen molar-refractivity contribution in [1.82, 2.24) is 14.6 Å². The first-order valence-electron chi connectivity index (χ1n) is 6.05. The number of hydrogen-bond donors (Lipinski definition) is 0. The zero-order chi connectivity index (χ0) is 15.0. The number of methoxy groups -OCH3 is 1. The van der Waals surface area contributed by atoms with Crippen LogP contribution in [0.2, 0.25) is 0 Å².